The molecule has 3 N–H and O–H groups in total. The van der Waals surface area contributed by atoms with Crippen molar-refractivity contribution in [3.8, 4) is 0 Å². The van der Waals surface area contributed by atoms with Crippen molar-refractivity contribution in [2.75, 3.05) is 22.6 Å². The normalized spacial score (nSPS) is 12.4. The monoisotopic (exact) mass is 670 g/mol. The van der Waals surface area contributed by atoms with Gasteiger partial charge in [0, 0.05) is 17.1 Å². The van der Waals surface area contributed by atoms with E-state index in [1.165, 1.54) is 6.26 Å². The van der Waals surface area contributed by atoms with Gasteiger partial charge in [-0.15, -0.1) is 0 Å². The second-order valence-electron chi connectivity index (χ2n) is 9.25. The van der Waals surface area contributed by atoms with Gasteiger partial charge in [0.1, 0.15) is 11.3 Å². The number of Topliss-reactive ketones (excluding diaryl/α,β-unsaturated/α-hetero) is 2. The van der Waals surface area contributed by atoms with Crippen molar-refractivity contribution < 1.29 is 49.9 Å². The molecule has 18 heteroatoms. The molecule has 46 heavy (non-hydrogen) atoms. The van der Waals surface area contributed by atoms with Crippen molar-refractivity contribution in [3.63, 3.8) is 0 Å². The number of esters is 1. The number of nitrogens with zero attached hydrogens (tertiary/aromatic N) is 3. The van der Waals surface area contributed by atoms with E-state index in [1.54, 1.807) is 13.1 Å². The van der Waals surface area contributed by atoms with Crippen LogP contribution < -0.4 is 16.0 Å². The Morgan fingerprint density at radius 3 is 2.33 bits per heavy atom. The average Bonchev–Trinajstić information content (AvgIpc) is 3.46. The Kier molecular flexibility index (Phi) is 10.1. The number of nitrogens with one attached hydrogen (secondary N) is 3. The van der Waals surface area contributed by atoms with E-state index in [1.807, 2.05) is 30.3 Å². The van der Waals surface area contributed by atoms with Crippen LogP contribution in [-0.2, 0) is 27.2 Å². The van der Waals surface area contributed by atoms with Crippen LogP contribution in [0.5, 0.6) is 0 Å². The number of anilines is 6. The number of hydrogen-bond donors (Lipinski definition) is 3. The number of halogens is 7. The van der Waals surface area contributed by atoms with Crippen molar-refractivity contribution in [2.45, 2.75) is 32.1 Å². The van der Waals surface area contributed by atoms with Crippen LogP contribution in [0.4, 0.5) is 61.2 Å². The largest absolute Gasteiger partial charge is 0.461 e. The van der Waals surface area contributed by atoms with Gasteiger partial charge < -0.3 is 25.1 Å². The standard InChI is InChI=1S/C24H21ClN6O3.C4F6O2/c1-2-33-22(32)20-13-34-24(30-20)29-19-9-8-17-11-15(19)7-6-14-4-3-5-16(10-14)28-23-26-12-18(25)21(27-17)31-23;5-3(6,7)1(11)2(12)4(8,9)10/h3-5,8-13H,2,6-7H2,1H3,(H,29,30)(H2,26,27,28,31);. The summed E-state index contributed by atoms with van der Waals surface area (Å²) < 4.78 is 77.4. The highest BCUT2D eigenvalue weighted by Crippen LogP contribution is 2.31. The predicted octanol–water partition coefficient (Wildman–Crippen LogP) is 6.87. The molecule has 0 unspecified atom stereocenters. The van der Waals surface area contributed by atoms with Crippen LogP contribution in [0.15, 0.2) is 59.3 Å². The molecular formula is C28H21ClF6N6O5. The van der Waals surface area contributed by atoms with Crippen molar-refractivity contribution in [2.24, 2.45) is 0 Å². The third kappa shape index (κ3) is 8.71. The number of ether oxygens (including phenoxy) is 1. The molecule has 0 amide bonds. The number of aromatic nitrogens is 3. The number of carbonyl (C=O) groups is 3. The summed E-state index contributed by atoms with van der Waals surface area (Å²) in [6.07, 6.45) is -7.17. The molecule has 0 spiro atoms. The number of ketones is 2. The summed E-state index contributed by atoms with van der Waals surface area (Å²) in [6, 6.07) is 14.1. The summed E-state index contributed by atoms with van der Waals surface area (Å²) in [5.41, 5.74) is 4.80. The first-order valence-electron chi connectivity index (χ1n) is 13.0. The van der Waals surface area contributed by atoms with Gasteiger partial charge in [0.05, 0.1) is 12.8 Å². The molecule has 3 heterocycles. The van der Waals surface area contributed by atoms with Crippen LogP contribution in [0.2, 0.25) is 5.02 Å². The zero-order valence-electron chi connectivity index (χ0n) is 23.3. The van der Waals surface area contributed by atoms with Gasteiger partial charge in [0.25, 0.3) is 6.01 Å². The summed E-state index contributed by atoms with van der Waals surface area (Å²) in [5, 5.41) is 10.1. The third-order valence-corrected chi connectivity index (χ3v) is 6.21. The number of aryl methyl sites for hydroxylation is 2. The van der Waals surface area contributed by atoms with Gasteiger partial charge in [-0.05, 0) is 61.2 Å². The molecule has 2 aromatic heterocycles. The first-order valence-corrected chi connectivity index (χ1v) is 13.4. The second-order valence-corrected chi connectivity index (χ2v) is 9.66. The minimum absolute atomic E-state index is 0.112. The number of fused-ring (bicyclic) bond motifs is 6. The summed E-state index contributed by atoms with van der Waals surface area (Å²) >= 11 is 6.34. The Morgan fingerprint density at radius 2 is 1.65 bits per heavy atom. The second kappa shape index (κ2) is 13.8. The summed E-state index contributed by atoms with van der Waals surface area (Å²) in [6.45, 7) is 2.00. The van der Waals surface area contributed by atoms with E-state index in [0.717, 1.165) is 41.0 Å². The Bertz CT molecular complexity index is 1740. The number of carbonyl (C=O) groups excluding carboxylic acids is 3. The minimum Gasteiger partial charge on any atom is -0.461 e. The Hall–Kier alpha value is -5.19. The molecule has 0 saturated heterocycles. The molecule has 5 rings (SSSR count). The van der Waals surface area contributed by atoms with Gasteiger partial charge in [0.2, 0.25) is 5.95 Å². The SMILES string of the molecule is CCOC(=O)c1coc(Nc2ccc3cc2CCc2cccc(c2)Nc2ncc(Cl)c(n2)N3)n1.O=C(C(=O)C(F)(F)F)C(F)(F)F. The minimum atomic E-state index is -5.77. The van der Waals surface area contributed by atoms with E-state index < -0.39 is 29.9 Å². The molecule has 11 nitrogen and oxygen atoms in total. The Labute approximate surface area is 260 Å². The first kappa shape index (κ1) is 33.7. The molecule has 0 fully saturated rings. The fourth-order valence-corrected chi connectivity index (χ4v) is 4.01. The number of benzene rings is 2. The van der Waals surface area contributed by atoms with Crippen LogP contribution in [-0.4, -0.2) is 51.4 Å². The molecular weight excluding hydrogens is 650 g/mol. The maximum absolute atomic E-state index is 11.9. The van der Waals surface area contributed by atoms with E-state index in [2.05, 4.69) is 43.0 Å². The molecule has 6 bridgehead atoms. The lowest BCUT2D eigenvalue weighted by atomic mass is 10.0. The molecule has 0 radical (unpaired) electrons. The average molecular weight is 671 g/mol. The number of hydrogen-bond acceptors (Lipinski definition) is 11. The van der Waals surface area contributed by atoms with E-state index >= 15 is 0 Å². The maximum Gasteiger partial charge on any atom is 0.458 e. The zero-order chi connectivity index (χ0) is 33.6. The third-order valence-electron chi connectivity index (χ3n) is 5.93. The van der Waals surface area contributed by atoms with Crippen LogP contribution >= 0.6 is 11.6 Å². The highest BCUT2D eigenvalue weighted by molar-refractivity contribution is 6.41. The summed E-state index contributed by atoms with van der Waals surface area (Å²) in [4.78, 5) is 44.1. The number of oxazole rings is 1. The van der Waals surface area contributed by atoms with E-state index in [9.17, 15) is 40.7 Å². The first-order chi connectivity index (χ1) is 21.6. The molecule has 0 atom stereocenters. The van der Waals surface area contributed by atoms with Crippen molar-refractivity contribution in [1.29, 1.82) is 0 Å². The molecule has 1 aliphatic heterocycles. The van der Waals surface area contributed by atoms with E-state index in [0.29, 0.717) is 16.8 Å². The molecule has 2 aromatic carbocycles. The lowest BCUT2D eigenvalue weighted by Crippen LogP contribution is -2.39. The molecule has 0 saturated carbocycles. The van der Waals surface area contributed by atoms with Crippen LogP contribution in [0.25, 0.3) is 0 Å². The van der Waals surface area contributed by atoms with Gasteiger partial charge in [-0.3, -0.25) is 9.59 Å². The van der Waals surface area contributed by atoms with Crippen LogP contribution in [0.1, 0.15) is 28.5 Å². The maximum atomic E-state index is 11.9. The highest BCUT2D eigenvalue weighted by atomic mass is 35.5. The van der Waals surface area contributed by atoms with Crippen molar-refractivity contribution in [3.05, 3.63) is 76.8 Å². The molecule has 242 valence electrons. The Morgan fingerprint density at radius 1 is 0.957 bits per heavy atom. The summed E-state index contributed by atoms with van der Waals surface area (Å²) in [5.74, 6) is -6.40. The number of rotatable bonds is 5. The van der Waals surface area contributed by atoms with Gasteiger partial charge >= 0.3 is 29.9 Å². The Balaban J connectivity index is 0.000000342. The smallest absolute Gasteiger partial charge is 0.458 e. The molecule has 1 aliphatic rings. The van der Waals surface area contributed by atoms with Gasteiger partial charge in [0.15, 0.2) is 11.5 Å². The molecule has 4 aromatic rings. The van der Waals surface area contributed by atoms with Gasteiger partial charge in [-0.1, -0.05) is 23.7 Å². The number of alkyl halides is 6. The topological polar surface area (TPSA) is 148 Å². The zero-order valence-corrected chi connectivity index (χ0v) is 24.1. The van der Waals surface area contributed by atoms with Crippen LogP contribution in [0.3, 0.4) is 0 Å². The van der Waals surface area contributed by atoms with Crippen molar-refractivity contribution in [1.82, 2.24) is 15.0 Å². The van der Waals surface area contributed by atoms with Gasteiger partial charge in [-0.2, -0.15) is 36.3 Å². The fraction of sp³-hybridized carbons (Fsp3) is 0.214. The van der Waals surface area contributed by atoms with Gasteiger partial charge in [-0.25, -0.2) is 9.78 Å². The quantitative estimate of drug-likeness (QED) is 0.116. The van der Waals surface area contributed by atoms with Crippen LogP contribution in [0, 0.1) is 0 Å². The predicted molar refractivity (Wildman–Crippen MR) is 152 cm³/mol. The molecule has 0 aliphatic carbocycles. The summed E-state index contributed by atoms with van der Waals surface area (Å²) in [7, 11) is 0. The highest BCUT2D eigenvalue weighted by Gasteiger charge is 2.54. The fourth-order valence-electron chi connectivity index (χ4n) is 3.87. The van der Waals surface area contributed by atoms with E-state index in [-0.39, 0.29) is 18.3 Å². The van der Waals surface area contributed by atoms with E-state index in [4.69, 9.17) is 20.8 Å². The lowest BCUT2D eigenvalue weighted by molar-refractivity contribution is -0.193. The van der Waals surface area contributed by atoms with Crippen molar-refractivity contribution >= 4 is 64.0 Å². The lowest BCUT2D eigenvalue weighted by Gasteiger charge is -2.14.